The first kappa shape index (κ1) is 32.2. The summed E-state index contributed by atoms with van der Waals surface area (Å²) in [6.07, 6.45) is 4.98. The molecule has 2 aliphatic rings. The maximum atomic E-state index is 5.30. The lowest BCUT2D eigenvalue weighted by molar-refractivity contribution is 0.568. The van der Waals surface area contributed by atoms with E-state index in [9.17, 15) is 0 Å². The Morgan fingerprint density at radius 2 is 1.46 bits per heavy atom. The summed E-state index contributed by atoms with van der Waals surface area (Å²) in [5.74, 6) is 0.718. The van der Waals surface area contributed by atoms with Gasteiger partial charge in [-0.1, -0.05) is 97.1 Å². The van der Waals surface area contributed by atoms with Gasteiger partial charge in [0.05, 0.1) is 39.5 Å². The summed E-state index contributed by atoms with van der Waals surface area (Å²) in [4.78, 5) is 20.6. The van der Waals surface area contributed by atoms with Crippen molar-refractivity contribution in [2.45, 2.75) is 25.3 Å². The molecule has 2 aliphatic heterocycles. The smallest absolute Gasteiger partial charge is 0.159 e. The van der Waals surface area contributed by atoms with Crippen molar-refractivity contribution < 1.29 is 0 Å². The number of aryl methyl sites for hydroxylation is 1. The number of nitrogens with one attached hydrogen (secondary N) is 4. The van der Waals surface area contributed by atoms with Crippen molar-refractivity contribution in [3.63, 3.8) is 0 Å². The Morgan fingerprint density at radius 3 is 2.37 bits per heavy atom. The molecule has 0 spiro atoms. The molecule has 0 radical (unpaired) electrons. The van der Waals surface area contributed by atoms with Gasteiger partial charge in [0.25, 0.3) is 0 Å². The van der Waals surface area contributed by atoms with E-state index in [-0.39, 0.29) is 6.04 Å². The van der Waals surface area contributed by atoms with E-state index in [4.69, 9.17) is 15.1 Å². The molecule has 274 valence electrons. The second-order valence-corrected chi connectivity index (χ2v) is 15.3. The Morgan fingerprint density at radius 1 is 0.667 bits per heavy atom. The lowest BCUT2D eigenvalue weighted by Crippen LogP contribution is -2.34. The average molecular weight is 739 g/mol. The van der Waals surface area contributed by atoms with E-state index in [1.807, 2.05) is 18.3 Å². The SMILES string of the molecule is c1ccc2c(c1)CCNC2c1c(N2CCCc3ccccc32)c(-c2nccc3ccccc23)c2[nH]nc(-c3nc4ccccc4[nH]3)c2c1-c1cc2ccccc2[nH]1. The molecule has 4 N–H and O–H groups in total. The topological polar surface area (TPSA) is 101 Å². The van der Waals surface area contributed by atoms with E-state index in [1.54, 1.807) is 0 Å². The zero-order valence-corrected chi connectivity index (χ0v) is 31.2. The molecule has 8 heteroatoms. The highest BCUT2D eigenvalue weighted by molar-refractivity contribution is 6.18. The fourth-order valence-corrected chi connectivity index (χ4v) is 9.64. The van der Waals surface area contributed by atoms with E-state index >= 15 is 0 Å². The van der Waals surface area contributed by atoms with Gasteiger partial charge < -0.3 is 20.2 Å². The van der Waals surface area contributed by atoms with Gasteiger partial charge in [0.2, 0.25) is 0 Å². The number of aromatic nitrogens is 6. The molecule has 6 heterocycles. The van der Waals surface area contributed by atoms with Crippen LogP contribution in [-0.2, 0) is 12.8 Å². The third kappa shape index (κ3) is 5.00. The maximum absolute atomic E-state index is 5.30. The summed E-state index contributed by atoms with van der Waals surface area (Å²) in [7, 11) is 0. The highest BCUT2D eigenvalue weighted by Crippen LogP contribution is 2.54. The molecule has 8 nitrogen and oxygen atoms in total. The van der Waals surface area contributed by atoms with Crippen LogP contribution in [0.2, 0.25) is 0 Å². The third-order valence-electron chi connectivity index (χ3n) is 12.1. The first-order valence-corrected chi connectivity index (χ1v) is 19.9. The molecule has 10 aromatic rings. The van der Waals surface area contributed by atoms with Crippen molar-refractivity contribution in [2.24, 2.45) is 0 Å². The molecular weight excluding hydrogens is 701 g/mol. The highest BCUT2D eigenvalue weighted by Gasteiger charge is 2.37. The van der Waals surface area contributed by atoms with Crippen LogP contribution in [-0.4, -0.2) is 43.2 Å². The van der Waals surface area contributed by atoms with Gasteiger partial charge in [-0.15, -0.1) is 0 Å². The van der Waals surface area contributed by atoms with Crippen molar-refractivity contribution in [3.05, 3.63) is 162 Å². The highest BCUT2D eigenvalue weighted by atomic mass is 15.2. The van der Waals surface area contributed by atoms with Crippen LogP contribution in [0.5, 0.6) is 0 Å². The van der Waals surface area contributed by atoms with Gasteiger partial charge in [-0.3, -0.25) is 10.1 Å². The van der Waals surface area contributed by atoms with Crippen molar-refractivity contribution in [1.29, 1.82) is 0 Å². The van der Waals surface area contributed by atoms with Crippen LogP contribution in [0, 0.1) is 0 Å². The summed E-state index contributed by atoms with van der Waals surface area (Å²) >= 11 is 0. The molecule has 6 aromatic carbocycles. The molecule has 0 fully saturated rings. The fourth-order valence-electron chi connectivity index (χ4n) is 9.64. The van der Waals surface area contributed by atoms with Gasteiger partial charge in [0, 0.05) is 63.5 Å². The number of nitrogens with zero attached hydrogens (tertiary/aromatic N) is 4. The van der Waals surface area contributed by atoms with Crippen LogP contribution in [0.4, 0.5) is 11.4 Å². The molecule has 4 aromatic heterocycles. The van der Waals surface area contributed by atoms with E-state index in [2.05, 4.69) is 147 Å². The zero-order chi connectivity index (χ0) is 37.5. The average Bonchev–Trinajstić information content (AvgIpc) is 4.02. The number of aromatic amines is 3. The number of benzene rings is 6. The minimum absolute atomic E-state index is 0.142. The van der Waals surface area contributed by atoms with Gasteiger partial charge in [-0.05, 0) is 77.7 Å². The maximum Gasteiger partial charge on any atom is 0.159 e. The van der Waals surface area contributed by atoms with Crippen molar-refractivity contribution in [2.75, 3.05) is 18.0 Å². The molecule has 0 saturated carbocycles. The molecule has 0 saturated heterocycles. The van der Waals surface area contributed by atoms with Crippen LogP contribution in [0.1, 0.15) is 34.7 Å². The zero-order valence-electron chi connectivity index (χ0n) is 31.2. The standard InChI is InChI=1S/C49H38N8/c1-5-17-33-29(12-1)23-25-50-44(33)42-40(38-28-32-15-3-7-19-35(32)52-38)41-46(55-56-47(41)49-53-36-20-8-9-21-37(36)54-49)43(45-34-18-6-2-13-30(34)24-26-51-45)48(42)57-27-11-16-31-14-4-10-22-39(31)57/h1-10,12-15,17-22,24,26,28,44,50,52H,11,16,23,25,27H2,(H,53,54)(H,55,56). The fraction of sp³-hybridized carbons (Fsp3) is 0.122. The van der Waals surface area contributed by atoms with Crippen molar-refractivity contribution in [1.82, 2.24) is 35.5 Å². The first-order valence-electron chi connectivity index (χ1n) is 19.9. The predicted molar refractivity (Wildman–Crippen MR) is 231 cm³/mol. The summed E-state index contributed by atoms with van der Waals surface area (Å²) < 4.78 is 0. The molecular formula is C49H38N8. The van der Waals surface area contributed by atoms with E-state index in [1.165, 1.54) is 27.9 Å². The number of pyridine rings is 1. The van der Waals surface area contributed by atoms with Crippen LogP contribution in [0.25, 0.3) is 77.6 Å². The predicted octanol–water partition coefficient (Wildman–Crippen LogP) is 10.8. The minimum atomic E-state index is -0.142. The number of fused-ring (bicyclic) bond motifs is 6. The minimum Gasteiger partial charge on any atom is -0.354 e. The van der Waals surface area contributed by atoms with Gasteiger partial charge in [0.1, 0.15) is 5.69 Å². The van der Waals surface area contributed by atoms with Gasteiger partial charge in [0.15, 0.2) is 5.82 Å². The van der Waals surface area contributed by atoms with Crippen molar-refractivity contribution >= 4 is 55.0 Å². The summed E-state index contributed by atoms with van der Waals surface area (Å²) in [5.41, 5.74) is 16.3. The molecule has 1 unspecified atom stereocenters. The number of rotatable bonds is 5. The molecule has 1 atom stereocenters. The van der Waals surface area contributed by atoms with Gasteiger partial charge >= 0.3 is 0 Å². The Hall–Kier alpha value is -7.03. The number of para-hydroxylation sites is 4. The van der Waals surface area contributed by atoms with E-state index in [0.717, 1.165) is 116 Å². The monoisotopic (exact) mass is 738 g/mol. The number of imidazole rings is 1. The van der Waals surface area contributed by atoms with Crippen LogP contribution >= 0.6 is 0 Å². The number of hydrogen-bond donors (Lipinski definition) is 4. The van der Waals surface area contributed by atoms with E-state index < -0.39 is 0 Å². The number of hydrogen-bond acceptors (Lipinski definition) is 5. The summed E-state index contributed by atoms with van der Waals surface area (Å²) in [6, 6.07) is 47.5. The summed E-state index contributed by atoms with van der Waals surface area (Å²) in [6.45, 7) is 1.71. The Balaban J connectivity index is 1.32. The third-order valence-corrected chi connectivity index (χ3v) is 12.1. The second-order valence-electron chi connectivity index (χ2n) is 15.3. The second kappa shape index (κ2) is 12.8. The summed E-state index contributed by atoms with van der Waals surface area (Å²) in [5, 5.41) is 17.3. The molecule has 0 aliphatic carbocycles. The molecule has 0 amide bonds. The molecule has 0 bridgehead atoms. The van der Waals surface area contributed by atoms with Gasteiger partial charge in [-0.25, -0.2) is 4.98 Å². The van der Waals surface area contributed by atoms with Crippen LogP contribution in [0.15, 0.2) is 140 Å². The Labute approximate surface area is 328 Å². The molecule has 12 rings (SSSR count). The normalized spacial score (nSPS) is 15.4. The lowest BCUT2D eigenvalue weighted by atomic mass is 9.81. The quantitative estimate of drug-likeness (QED) is 0.141. The number of anilines is 2. The largest absolute Gasteiger partial charge is 0.354 e. The van der Waals surface area contributed by atoms with Crippen LogP contribution < -0.4 is 10.2 Å². The Bertz CT molecular complexity index is 3110. The van der Waals surface area contributed by atoms with Crippen molar-refractivity contribution in [3.8, 4) is 34.0 Å². The number of H-pyrrole nitrogens is 3. The van der Waals surface area contributed by atoms with E-state index in [0.29, 0.717) is 0 Å². The van der Waals surface area contributed by atoms with Crippen LogP contribution in [0.3, 0.4) is 0 Å². The van der Waals surface area contributed by atoms with Gasteiger partial charge in [-0.2, -0.15) is 5.10 Å². The molecule has 57 heavy (non-hydrogen) atoms. The first-order chi connectivity index (χ1) is 28.3. The lowest BCUT2D eigenvalue weighted by Gasteiger charge is -2.38. The Kier molecular flexibility index (Phi) is 7.22.